The molecule has 17 rings (SSSR count). The van der Waals surface area contributed by atoms with Crippen LogP contribution < -0.4 is 0 Å². The molecular formula is C82H52N4S. The molecule has 1 aliphatic rings. The van der Waals surface area contributed by atoms with E-state index in [1.165, 1.54) is 81.3 Å². The van der Waals surface area contributed by atoms with Crippen molar-refractivity contribution in [2.75, 3.05) is 0 Å². The van der Waals surface area contributed by atoms with E-state index in [2.05, 4.69) is 302 Å². The first kappa shape index (κ1) is 50.4. The second-order valence-electron chi connectivity index (χ2n) is 22.6. The van der Waals surface area contributed by atoms with Gasteiger partial charge in [0.1, 0.15) is 0 Å². The SMILES string of the molecule is c1ccc(-c2cc(-c3ccccc3)cc(-c3cccc(-c4nc(-c5ccccc5)nc(-c5cccc6sc7ccc(-c8ccc9c(c8)c8ccccc8n9-c8cccc9c8-c8ccccc8C9(c8ccccc8)c8ccccc8)cc7c56)n4)c3)c2)cc1. The van der Waals surface area contributed by atoms with Crippen molar-refractivity contribution >= 4 is 53.3 Å². The summed E-state index contributed by atoms with van der Waals surface area (Å²) in [4.78, 5) is 16.0. The molecule has 0 atom stereocenters. The second-order valence-corrected chi connectivity index (χ2v) is 23.7. The highest BCUT2D eigenvalue weighted by atomic mass is 32.1. The summed E-state index contributed by atoms with van der Waals surface area (Å²) in [5.41, 5.74) is 22.6. The van der Waals surface area contributed by atoms with Crippen molar-refractivity contribution < 1.29 is 0 Å². The predicted octanol–water partition coefficient (Wildman–Crippen LogP) is 21.4. The van der Waals surface area contributed by atoms with Crippen LogP contribution in [-0.2, 0) is 5.41 Å². The number of thiophene rings is 1. The minimum atomic E-state index is -0.506. The lowest BCUT2D eigenvalue weighted by Gasteiger charge is -2.34. The van der Waals surface area contributed by atoms with Gasteiger partial charge in [0.25, 0.3) is 0 Å². The topological polar surface area (TPSA) is 43.6 Å². The lowest BCUT2D eigenvalue weighted by atomic mass is 9.68. The van der Waals surface area contributed by atoms with E-state index >= 15 is 0 Å². The second kappa shape index (κ2) is 20.6. The number of fused-ring (bicyclic) bond motifs is 9. The Morgan fingerprint density at radius 3 is 1.45 bits per heavy atom. The maximum atomic E-state index is 5.42. The lowest BCUT2D eigenvalue weighted by Crippen LogP contribution is -2.28. The number of nitrogens with zero attached hydrogens (tertiary/aromatic N) is 4. The summed E-state index contributed by atoms with van der Waals surface area (Å²) in [6.07, 6.45) is 0. The number of benzene rings is 13. The molecule has 0 bridgehead atoms. The standard InChI is InChI=1S/C82H52N4S/c1-6-23-53(24-7-1)60-48-61(54-25-8-2-9-26-54)50-62(49-60)56-29-20-30-59(47-56)80-83-79(55-27-10-3-11-28-55)84-81(85-80)67-37-21-42-76-77(67)69-52-58(44-46-75(69)87-76)57-43-45-73-68(51-57)65-35-17-19-40-72(65)86(73)74-41-22-39-71-78(74)66-36-16-18-38-70(66)82(71,63-31-12-4-13-32-63)64-33-14-5-15-34-64/h1-52H. The first-order valence-corrected chi connectivity index (χ1v) is 30.5. The van der Waals surface area contributed by atoms with Crippen LogP contribution in [0.25, 0.3) is 137 Å². The zero-order valence-electron chi connectivity index (χ0n) is 47.2. The summed E-state index contributed by atoms with van der Waals surface area (Å²) >= 11 is 1.81. The molecule has 0 saturated carbocycles. The van der Waals surface area contributed by atoms with Crippen LogP contribution in [0.4, 0.5) is 0 Å². The first-order chi connectivity index (χ1) is 43.1. The Hall–Kier alpha value is -11.1. The zero-order chi connectivity index (χ0) is 57.4. The van der Waals surface area contributed by atoms with Crippen molar-refractivity contribution in [3.8, 4) is 95.5 Å². The molecule has 16 aromatic rings. The van der Waals surface area contributed by atoms with Gasteiger partial charge in [-0.25, -0.2) is 15.0 Å². The molecule has 4 nitrogen and oxygen atoms in total. The van der Waals surface area contributed by atoms with Crippen LogP contribution in [0.3, 0.4) is 0 Å². The molecule has 13 aromatic carbocycles. The van der Waals surface area contributed by atoms with Crippen molar-refractivity contribution in [2.24, 2.45) is 0 Å². The average molecular weight is 1130 g/mol. The van der Waals surface area contributed by atoms with E-state index in [9.17, 15) is 0 Å². The van der Waals surface area contributed by atoms with Gasteiger partial charge in [0.15, 0.2) is 17.5 Å². The van der Waals surface area contributed by atoms with E-state index in [4.69, 9.17) is 15.0 Å². The predicted molar refractivity (Wildman–Crippen MR) is 362 cm³/mol. The fraction of sp³-hybridized carbons (Fsp3) is 0.0122. The van der Waals surface area contributed by atoms with Gasteiger partial charge in [-0.1, -0.05) is 249 Å². The van der Waals surface area contributed by atoms with Crippen LogP contribution in [0.5, 0.6) is 0 Å². The highest BCUT2D eigenvalue weighted by Crippen LogP contribution is 2.58. The van der Waals surface area contributed by atoms with E-state index in [0.29, 0.717) is 17.5 Å². The van der Waals surface area contributed by atoms with Crippen molar-refractivity contribution in [1.29, 1.82) is 0 Å². The molecule has 0 aliphatic heterocycles. The molecule has 0 N–H and O–H groups in total. The van der Waals surface area contributed by atoms with Gasteiger partial charge in [0.05, 0.1) is 22.1 Å². The molecule has 0 amide bonds. The summed E-state index contributed by atoms with van der Waals surface area (Å²) in [6.45, 7) is 0. The van der Waals surface area contributed by atoms with Crippen molar-refractivity contribution in [2.45, 2.75) is 5.41 Å². The number of para-hydroxylation sites is 1. The molecule has 5 heteroatoms. The van der Waals surface area contributed by atoms with Crippen LogP contribution in [0, 0.1) is 0 Å². The highest BCUT2D eigenvalue weighted by molar-refractivity contribution is 7.26. The number of hydrogen-bond donors (Lipinski definition) is 0. The Morgan fingerprint density at radius 2 is 0.747 bits per heavy atom. The fourth-order valence-corrected chi connectivity index (χ4v) is 14.9. The Bertz CT molecular complexity index is 5230. The number of aromatic nitrogens is 4. The highest BCUT2D eigenvalue weighted by Gasteiger charge is 2.47. The third-order valence-electron chi connectivity index (χ3n) is 17.7. The van der Waals surface area contributed by atoms with Crippen molar-refractivity contribution in [1.82, 2.24) is 19.5 Å². The average Bonchev–Trinajstić information content (AvgIpc) is 1.62. The molecule has 3 heterocycles. The van der Waals surface area contributed by atoms with Gasteiger partial charge in [-0.3, -0.25) is 0 Å². The van der Waals surface area contributed by atoms with Gasteiger partial charge in [-0.15, -0.1) is 11.3 Å². The first-order valence-electron chi connectivity index (χ1n) is 29.6. The monoisotopic (exact) mass is 1120 g/mol. The smallest absolute Gasteiger partial charge is 0.164 e. The van der Waals surface area contributed by atoms with Gasteiger partial charge in [0, 0.05) is 53.2 Å². The summed E-state index contributed by atoms with van der Waals surface area (Å²) in [5, 5.41) is 4.72. The third kappa shape index (κ3) is 8.30. The Labute approximate surface area is 508 Å². The fourth-order valence-electron chi connectivity index (χ4n) is 13.8. The van der Waals surface area contributed by atoms with Crippen molar-refractivity contribution in [3.63, 3.8) is 0 Å². The quantitative estimate of drug-likeness (QED) is 0.137. The largest absolute Gasteiger partial charge is 0.309 e. The molecule has 0 radical (unpaired) electrons. The van der Waals surface area contributed by atoms with Gasteiger partial charge in [0.2, 0.25) is 0 Å². The lowest BCUT2D eigenvalue weighted by molar-refractivity contribution is 0.768. The molecule has 0 fully saturated rings. The Kier molecular flexibility index (Phi) is 11.9. The minimum absolute atomic E-state index is 0.506. The summed E-state index contributed by atoms with van der Waals surface area (Å²) in [5.74, 6) is 1.87. The van der Waals surface area contributed by atoms with Crippen LogP contribution in [0.2, 0.25) is 0 Å². The zero-order valence-corrected chi connectivity index (χ0v) is 48.0. The van der Waals surface area contributed by atoms with E-state index in [0.717, 1.165) is 61.0 Å². The van der Waals surface area contributed by atoms with E-state index in [1.54, 1.807) is 11.3 Å². The molecular weight excluding hydrogens is 1070 g/mol. The number of rotatable bonds is 10. The molecule has 406 valence electrons. The number of hydrogen-bond acceptors (Lipinski definition) is 4. The van der Waals surface area contributed by atoms with Crippen molar-refractivity contribution in [3.05, 3.63) is 338 Å². The molecule has 1 aliphatic carbocycles. The Morgan fingerprint density at radius 1 is 0.276 bits per heavy atom. The van der Waals surface area contributed by atoms with Crippen LogP contribution in [0.15, 0.2) is 315 Å². The van der Waals surface area contributed by atoms with Crippen LogP contribution in [0.1, 0.15) is 22.3 Å². The Balaban J connectivity index is 0.797. The van der Waals surface area contributed by atoms with Gasteiger partial charge < -0.3 is 4.57 Å². The van der Waals surface area contributed by atoms with Crippen LogP contribution >= 0.6 is 11.3 Å². The van der Waals surface area contributed by atoms with E-state index in [1.807, 2.05) is 18.2 Å². The summed E-state index contributed by atoms with van der Waals surface area (Å²) in [6, 6.07) is 115. The van der Waals surface area contributed by atoms with Crippen LogP contribution in [-0.4, -0.2) is 19.5 Å². The molecule has 87 heavy (non-hydrogen) atoms. The molecule has 3 aromatic heterocycles. The van der Waals surface area contributed by atoms with Gasteiger partial charge in [-0.2, -0.15) is 0 Å². The normalized spacial score (nSPS) is 12.5. The third-order valence-corrected chi connectivity index (χ3v) is 18.8. The summed E-state index contributed by atoms with van der Waals surface area (Å²) < 4.78 is 4.89. The minimum Gasteiger partial charge on any atom is -0.309 e. The van der Waals surface area contributed by atoms with Gasteiger partial charge >= 0.3 is 0 Å². The maximum absolute atomic E-state index is 5.42. The van der Waals surface area contributed by atoms with E-state index < -0.39 is 5.41 Å². The van der Waals surface area contributed by atoms with Gasteiger partial charge in [-0.05, 0) is 139 Å². The molecule has 0 saturated heterocycles. The maximum Gasteiger partial charge on any atom is 0.164 e. The molecule has 0 unspecified atom stereocenters. The molecule has 0 spiro atoms. The summed E-state index contributed by atoms with van der Waals surface area (Å²) in [7, 11) is 0. The van der Waals surface area contributed by atoms with E-state index in [-0.39, 0.29) is 0 Å².